The molecule has 1 N–H and O–H groups in total. The summed E-state index contributed by atoms with van der Waals surface area (Å²) < 4.78 is 13.3. The van der Waals surface area contributed by atoms with E-state index in [0.29, 0.717) is 16.8 Å². The summed E-state index contributed by atoms with van der Waals surface area (Å²) in [6.45, 7) is 5.48. The third-order valence-corrected chi connectivity index (χ3v) is 6.31. The van der Waals surface area contributed by atoms with Crippen LogP contribution < -0.4 is 10.1 Å². The molecule has 146 valence electrons. The monoisotopic (exact) mass is 573 g/mol. The van der Waals surface area contributed by atoms with Crippen LogP contribution in [-0.2, 0) is 10.3 Å². The number of hydrogen-bond acceptors (Lipinski definition) is 6. The molecule has 0 saturated heterocycles. The lowest BCUT2D eigenvalue weighted by Crippen LogP contribution is -2.35. The maximum atomic E-state index is 12.2. The van der Waals surface area contributed by atoms with Crippen molar-refractivity contribution in [3.63, 3.8) is 0 Å². The Labute approximate surface area is 189 Å². The number of ether oxygens (including phenoxy) is 2. The van der Waals surface area contributed by atoms with Crippen LogP contribution in [0.3, 0.4) is 0 Å². The van der Waals surface area contributed by atoms with Crippen molar-refractivity contribution in [2.75, 3.05) is 5.75 Å². The van der Waals surface area contributed by atoms with Gasteiger partial charge in [-0.3, -0.25) is 5.32 Å². The van der Waals surface area contributed by atoms with Gasteiger partial charge in [-0.2, -0.15) is 0 Å². The molecule has 1 amide bonds. The summed E-state index contributed by atoms with van der Waals surface area (Å²) in [4.78, 5) is 21.6. The molecular weight excluding hydrogens is 557 g/mol. The predicted molar refractivity (Wildman–Crippen MR) is 121 cm³/mol. The van der Waals surface area contributed by atoms with E-state index in [0.717, 1.165) is 24.9 Å². The maximum Gasteiger partial charge on any atom is 0.413 e. The SMILES string of the molecule is CC(C)(C)OC(=O)NC1=NC2(CS1)c1cc(I)ccc1Oc1ncc(Br)cc12. The van der Waals surface area contributed by atoms with Gasteiger partial charge in [0.05, 0.1) is 0 Å². The Kier molecular flexibility index (Phi) is 5.11. The molecule has 0 bridgehead atoms. The van der Waals surface area contributed by atoms with E-state index < -0.39 is 17.2 Å². The number of fused-ring (bicyclic) bond motifs is 4. The van der Waals surface area contributed by atoms with Crippen molar-refractivity contribution in [1.29, 1.82) is 0 Å². The first-order valence-electron chi connectivity index (χ1n) is 8.53. The molecule has 6 nitrogen and oxygen atoms in total. The average Bonchev–Trinajstić information content (AvgIpc) is 2.99. The fraction of sp³-hybridized carbons (Fsp3) is 0.316. The van der Waals surface area contributed by atoms with Crippen LogP contribution in [0.2, 0.25) is 0 Å². The minimum Gasteiger partial charge on any atom is -0.444 e. The summed E-state index contributed by atoms with van der Waals surface area (Å²) >= 11 is 7.25. The van der Waals surface area contributed by atoms with Crippen LogP contribution in [0, 0.1) is 3.57 Å². The normalized spacial score (nSPS) is 20.1. The molecule has 1 unspecified atom stereocenters. The number of alkyl carbamates (subject to hydrolysis) is 1. The van der Waals surface area contributed by atoms with Gasteiger partial charge >= 0.3 is 6.09 Å². The molecule has 2 aromatic rings. The third kappa shape index (κ3) is 3.76. The zero-order chi connectivity index (χ0) is 20.1. The third-order valence-electron chi connectivity index (χ3n) is 4.18. The highest BCUT2D eigenvalue weighted by molar-refractivity contribution is 14.1. The Morgan fingerprint density at radius 2 is 2.14 bits per heavy atom. The van der Waals surface area contributed by atoms with E-state index >= 15 is 0 Å². The number of aliphatic imine (C=N–C) groups is 1. The molecule has 0 fully saturated rings. The summed E-state index contributed by atoms with van der Waals surface area (Å²) in [5.41, 5.74) is 0.565. The van der Waals surface area contributed by atoms with Gasteiger partial charge in [0, 0.05) is 31.1 Å². The highest BCUT2D eigenvalue weighted by atomic mass is 127. The first kappa shape index (κ1) is 20.0. The largest absolute Gasteiger partial charge is 0.444 e. The number of aromatic nitrogens is 1. The van der Waals surface area contributed by atoms with Crippen molar-refractivity contribution in [3.05, 3.63) is 49.6 Å². The van der Waals surface area contributed by atoms with Gasteiger partial charge in [0.2, 0.25) is 5.88 Å². The van der Waals surface area contributed by atoms with Crippen LogP contribution in [0.15, 0.2) is 39.9 Å². The van der Waals surface area contributed by atoms with Gasteiger partial charge in [-0.25, -0.2) is 14.8 Å². The molecule has 2 aliphatic heterocycles. The number of pyridine rings is 1. The summed E-state index contributed by atoms with van der Waals surface area (Å²) in [5, 5.41) is 3.30. The van der Waals surface area contributed by atoms with E-state index in [1.54, 1.807) is 6.20 Å². The molecule has 1 aromatic heterocycles. The Balaban J connectivity index is 1.78. The van der Waals surface area contributed by atoms with Crippen molar-refractivity contribution in [2.45, 2.75) is 31.9 Å². The maximum absolute atomic E-state index is 12.2. The molecule has 1 aromatic carbocycles. The van der Waals surface area contributed by atoms with Crippen LogP contribution in [0.4, 0.5) is 4.79 Å². The Hall–Kier alpha value is -1.33. The van der Waals surface area contributed by atoms with Gasteiger partial charge in [-0.15, -0.1) is 0 Å². The Bertz CT molecular complexity index is 955. The lowest BCUT2D eigenvalue weighted by molar-refractivity contribution is 0.0564. The van der Waals surface area contributed by atoms with Crippen LogP contribution in [0.5, 0.6) is 11.6 Å². The minimum absolute atomic E-state index is 0.515. The average molecular weight is 574 g/mol. The Morgan fingerprint density at radius 1 is 1.36 bits per heavy atom. The second-order valence-electron chi connectivity index (χ2n) is 7.44. The van der Waals surface area contributed by atoms with E-state index in [1.165, 1.54) is 11.8 Å². The van der Waals surface area contributed by atoms with Crippen LogP contribution in [0.1, 0.15) is 31.9 Å². The van der Waals surface area contributed by atoms with Crippen LogP contribution >= 0.6 is 50.3 Å². The standard InChI is InChI=1S/C19H17BrIN3O3S/c1-18(2,3)27-17(25)23-16-24-19(9-28-16)12-7-11(21)4-5-14(12)26-15-13(19)6-10(20)8-22-15/h4-8H,9H2,1-3H3,(H,23,24,25). The fourth-order valence-electron chi connectivity index (χ4n) is 3.11. The van der Waals surface area contributed by atoms with E-state index in [4.69, 9.17) is 14.5 Å². The van der Waals surface area contributed by atoms with E-state index in [2.05, 4.69) is 54.9 Å². The number of hydrogen-bond donors (Lipinski definition) is 1. The second kappa shape index (κ2) is 7.17. The topological polar surface area (TPSA) is 72.8 Å². The fourth-order valence-corrected chi connectivity index (χ4v) is 5.03. The molecule has 1 spiro atoms. The molecule has 0 aliphatic carbocycles. The first-order valence-corrected chi connectivity index (χ1v) is 11.4. The quantitative estimate of drug-likeness (QED) is 0.426. The summed E-state index contributed by atoms with van der Waals surface area (Å²) in [6, 6.07) is 7.97. The molecule has 3 heterocycles. The number of carbonyl (C=O) groups is 1. The first-order chi connectivity index (χ1) is 13.2. The number of nitrogens with one attached hydrogen (secondary N) is 1. The van der Waals surface area contributed by atoms with E-state index in [1.807, 2.05) is 39.0 Å². The molecular formula is C19H17BrIN3O3S. The van der Waals surface area contributed by atoms with Gasteiger partial charge in [-0.1, -0.05) is 11.8 Å². The molecule has 4 rings (SSSR count). The van der Waals surface area contributed by atoms with Gasteiger partial charge in [0.1, 0.15) is 16.9 Å². The number of amidine groups is 1. The number of thioether (sulfide) groups is 1. The summed E-state index contributed by atoms with van der Waals surface area (Å²) in [5.74, 6) is 1.88. The smallest absolute Gasteiger partial charge is 0.413 e. The van der Waals surface area contributed by atoms with Crippen LogP contribution in [-0.4, -0.2) is 27.6 Å². The molecule has 9 heteroatoms. The Morgan fingerprint density at radius 3 is 2.89 bits per heavy atom. The van der Waals surface area contributed by atoms with Gasteiger partial charge in [-0.05, 0) is 83.6 Å². The van der Waals surface area contributed by atoms with Crippen molar-refractivity contribution < 1.29 is 14.3 Å². The van der Waals surface area contributed by atoms with E-state index in [-0.39, 0.29) is 0 Å². The lowest BCUT2D eigenvalue weighted by atomic mass is 9.83. The molecule has 28 heavy (non-hydrogen) atoms. The lowest BCUT2D eigenvalue weighted by Gasteiger charge is -2.33. The number of halogens is 2. The van der Waals surface area contributed by atoms with E-state index in [9.17, 15) is 4.79 Å². The zero-order valence-corrected chi connectivity index (χ0v) is 19.9. The van der Waals surface area contributed by atoms with Crippen molar-refractivity contribution in [3.8, 4) is 11.6 Å². The van der Waals surface area contributed by atoms with Gasteiger partial charge in [0.25, 0.3) is 0 Å². The predicted octanol–water partition coefficient (Wildman–Crippen LogP) is 5.43. The van der Waals surface area contributed by atoms with Crippen molar-refractivity contribution >= 4 is 61.5 Å². The minimum atomic E-state index is -0.685. The number of amides is 1. The number of rotatable bonds is 0. The van der Waals surface area contributed by atoms with Crippen LogP contribution in [0.25, 0.3) is 0 Å². The molecule has 2 aliphatic rings. The molecule has 1 atom stereocenters. The highest BCUT2D eigenvalue weighted by Crippen LogP contribution is 2.53. The highest BCUT2D eigenvalue weighted by Gasteiger charge is 2.47. The van der Waals surface area contributed by atoms with Crippen molar-refractivity contribution in [2.24, 2.45) is 4.99 Å². The van der Waals surface area contributed by atoms with Gasteiger partial charge < -0.3 is 9.47 Å². The number of nitrogens with zero attached hydrogens (tertiary/aromatic N) is 2. The van der Waals surface area contributed by atoms with Crippen molar-refractivity contribution in [1.82, 2.24) is 10.3 Å². The summed E-state index contributed by atoms with van der Waals surface area (Å²) in [7, 11) is 0. The second-order valence-corrected chi connectivity index (χ2v) is 10.6. The zero-order valence-electron chi connectivity index (χ0n) is 15.4. The molecule has 0 saturated carbocycles. The van der Waals surface area contributed by atoms with Gasteiger partial charge in [0.15, 0.2) is 5.17 Å². The molecule has 0 radical (unpaired) electrons. The summed E-state index contributed by atoms with van der Waals surface area (Å²) in [6.07, 6.45) is 1.19. The number of benzene rings is 1. The number of carbonyl (C=O) groups excluding carboxylic acids is 1.